The lowest BCUT2D eigenvalue weighted by Crippen LogP contribution is -2.46. The van der Waals surface area contributed by atoms with Crippen LogP contribution in [0.4, 0.5) is 0 Å². The molecule has 0 atom stereocenters. The van der Waals surface area contributed by atoms with Crippen molar-refractivity contribution in [2.45, 2.75) is 0 Å². The van der Waals surface area contributed by atoms with Crippen LogP contribution in [0.3, 0.4) is 0 Å². The zero-order valence-electron chi connectivity index (χ0n) is 7.32. The molecule has 0 aliphatic heterocycles. The maximum Gasteiger partial charge on any atom is 0.288 e. The van der Waals surface area contributed by atoms with Gasteiger partial charge in [-0.15, -0.1) is 0 Å². The Hall–Kier alpha value is -1.67. The van der Waals surface area contributed by atoms with E-state index in [-0.39, 0.29) is 14.3 Å². The van der Waals surface area contributed by atoms with E-state index in [4.69, 9.17) is 11.1 Å². The molecule has 1 aromatic heterocycles. The van der Waals surface area contributed by atoms with Crippen LogP contribution in [0.1, 0.15) is 5.69 Å². The normalized spacial score (nSPS) is 10.9. The number of H-pyrrole nitrogens is 1. The monoisotopic (exact) mass is 206 g/mol. The lowest BCUT2D eigenvalue weighted by molar-refractivity contribution is -0.114. The number of nitrogens with one attached hydrogen (secondary N) is 1. The molecule has 5 heteroatoms. The van der Waals surface area contributed by atoms with Crippen LogP contribution < -0.4 is 16.6 Å². The summed E-state index contributed by atoms with van der Waals surface area (Å²) < 4.78 is 10.8. The Labute approximate surface area is 81.8 Å². The molecule has 1 aromatic carbocycles. The smallest absolute Gasteiger partial charge is 0.288 e. The minimum Gasteiger partial charge on any atom is -0.341 e. The first kappa shape index (κ1) is 8.91. The molecule has 0 saturated carbocycles. The third-order valence-electron chi connectivity index (χ3n) is 2.07. The molecule has 0 unspecified atom stereocenters. The van der Waals surface area contributed by atoms with Gasteiger partial charge in [-0.1, -0.05) is 24.3 Å². The highest BCUT2D eigenvalue weighted by molar-refractivity contribution is 7.34. The first-order chi connectivity index (χ1) is 6.74. The third-order valence-corrected chi connectivity index (χ3v) is 2.61. The Morgan fingerprint density at radius 1 is 1.36 bits per heavy atom. The van der Waals surface area contributed by atoms with Crippen LogP contribution in [0.25, 0.3) is 10.8 Å². The summed E-state index contributed by atoms with van der Waals surface area (Å²) in [6.07, 6.45) is 0. The quantitative estimate of drug-likeness (QED) is 0.353. The highest BCUT2D eigenvalue weighted by Gasteiger charge is 2.13. The molecule has 1 heterocycles. The van der Waals surface area contributed by atoms with Crippen LogP contribution >= 0.6 is 8.46 Å². The average Bonchev–Trinajstić information content (AvgIpc) is 2.56. The molecule has 0 saturated heterocycles. The van der Waals surface area contributed by atoms with Gasteiger partial charge in [0.15, 0.2) is 0 Å². The molecule has 5 N–H and O–H groups in total. The number of amidine groups is 1. The number of aromatic amines is 1. The van der Waals surface area contributed by atoms with E-state index in [1.165, 1.54) is 0 Å². The van der Waals surface area contributed by atoms with E-state index in [1.807, 2.05) is 24.3 Å². The van der Waals surface area contributed by atoms with Crippen molar-refractivity contribution in [2.75, 3.05) is 0 Å². The van der Waals surface area contributed by atoms with E-state index in [9.17, 15) is 4.57 Å². The summed E-state index contributed by atoms with van der Waals surface area (Å²) in [6, 6.07) is 7.52. The Kier molecular flexibility index (Phi) is 2.06. The van der Waals surface area contributed by atoms with Crippen molar-refractivity contribution in [3.63, 3.8) is 0 Å². The van der Waals surface area contributed by atoms with Crippen LogP contribution in [0, 0.1) is 0 Å². The van der Waals surface area contributed by atoms with Crippen LogP contribution in [0.2, 0.25) is 0 Å². The van der Waals surface area contributed by atoms with Gasteiger partial charge in [0.2, 0.25) is 8.46 Å². The van der Waals surface area contributed by atoms with Crippen LogP contribution in [0.5, 0.6) is 0 Å². The SMILES string of the molecule is NC(=[NH2+])c1[nH]c(P=O)c2ccccc12. The second-order valence-corrected chi connectivity index (χ2v) is 3.57. The van der Waals surface area contributed by atoms with E-state index in [2.05, 4.69) is 4.98 Å². The van der Waals surface area contributed by atoms with Gasteiger partial charge in [0.1, 0.15) is 11.1 Å². The molecule has 70 valence electrons. The first-order valence-corrected chi connectivity index (χ1v) is 4.87. The Balaban J connectivity index is 2.86. The van der Waals surface area contributed by atoms with Crippen LogP contribution in [0.15, 0.2) is 24.3 Å². The van der Waals surface area contributed by atoms with Crippen LogP contribution in [-0.2, 0) is 4.57 Å². The Bertz CT molecular complexity index is 518. The molecule has 0 bridgehead atoms. The van der Waals surface area contributed by atoms with E-state index in [1.54, 1.807) is 0 Å². The topological polar surface area (TPSA) is 84.5 Å². The predicted molar refractivity (Wildman–Crippen MR) is 55.8 cm³/mol. The number of nitrogens with two attached hydrogens (primary N) is 2. The number of aromatic nitrogens is 1. The average molecular weight is 206 g/mol. The molecular formula is C9H9N3OP+. The molecule has 2 aromatic rings. The fraction of sp³-hybridized carbons (Fsp3) is 0. The predicted octanol–water partition coefficient (Wildman–Crippen LogP) is -0.451. The third kappa shape index (κ3) is 1.20. The van der Waals surface area contributed by atoms with Gasteiger partial charge in [0.05, 0.1) is 0 Å². The largest absolute Gasteiger partial charge is 0.341 e. The second kappa shape index (κ2) is 3.24. The summed E-state index contributed by atoms with van der Waals surface area (Å²) in [5.74, 6) is 0.205. The molecule has 0 aliphatic carbocycles. The first-order valence-electron chi connectivity index (χ1n) is 4.06. The number of benzene rings is 1. The molecule has 0 aliphatic rings. The minimum absolute atomic E-state index is 0.0630. The van der Waals surface area contributed by atoms with Crippen molar-refractivity contribution in [1.82, 2.24) is 4.98 Å². The summed E-state index contributed by atoms with van der Waals surface area (Å²) in [6.45, 7) is 0. The highest BCUT2D eigenvalue weighted by Crippen LogP contribution is 2.18. The maximum atomic E-state index is 10.8. The lowest BCUT2D eigenvalue weighted by atomic mass is 10.2. The fourth-order valence-corrected chi connectivity index (χ4v) is 1.91. The number of hydrogen-bond donors (Lipinski definition) is 3. The Morgan fingerprint density at radius 3 is 2.57 bits per heavy atom. The van der Waals surface area contributed by atoms with E-state index < -0.39 is 0 Å². The summed E-state index contributed by atoms with van der Waals surface area (Å²) in [5, 5.41) is 7.28. The van der Waals surface area contributed by atoms with E-state index in [0.717, 1.165) is 10.8 Å². The molecule has 14 heavy (non-hydrogen) atoms. The van der Waals surface area contributed by atoms with Crippen molar-refractivity contribution in [3.05, 3.63) is 30.0 Å². The van der Waals surface area contributed by atoms with Gasteiger partial charge in [0, 0.05) is 10.8 Å². The zero-order valence-corrected chi connectivity index (χ0v) is 8.21. The van der Waals surface area contributed by atoms with Crippen molar-refractivity contribution in [2.24, 2.45) is 5.73 Å². The molecule has 2 rings (SSSR count). The summed E-state index contributed by atoms with van der Waals surface area (Å²) in [5.41, 5.74) is 6.74. The maximum absolute atomic E-state index is 10.8. The van der Waals surface area contributed by atoms with Crippen molar-refractivity contribution in [1.29, 1.82) is 0 Å². The van der Waals surface area contributed by atoms with Crippen LogP contribution in [-0.4, -0.2) is 10.8 Å². The van der Waals surface area contributed by atoms with Gasteiger partial charge in [-0.25, -0.2) is 0 Å². The second-order valence-electron chi connectivity index (χ2n) is 2.94. The Morgan fingerprint density at radius 2 is 2.00 bits per heavy atom. The van der Waals surface area contributed by atoms with Gasteiger partial charge in [-0.3, -0.25) is 15.7 Å². The minimum atomic E-state index is -0.0630. The molecular weight excluding hydrogens is 197 g/mol. The van der Waals surface area contributed by atoms with Gasteiger partial charge in [-0.05, 0) is 0 Å². The highest BCUT2D eigenvalue weighted by atomic mass is 31.1. The lowest BCUT2D eigenvalue weighted by Gasteiger charge is -1.89. The molecule has 4 nitrogen and oxygen atoms in total. The zero-order chi connectivity index (χ0) is 10.1. The summed E-state index contributed by atoms with van der Waals surface area (Å²) in [4.78, 5) is 2.93. The molecule has 0 radical (unpaired) electrons. The molecule has 0 amide bonds. The summed E-state index contributed by atoms with van der Waals surface area (Å²) in [7, 11) is -0.0630. The summed E-state index contributed by atoms with van der Waals surface area (Å²) >= 11 is 0. The van der Waals surface area contributed by atoms with Gasteiger partial charge < -0.3 is 4.98 Å². The number of rotatable bonds is 2. The fourth-order valence-electron chi connectivity index (χ4n) is 1.46. The van der Waals surface area contributed by atoms with E-state index >= 15 is 0 Å². The van der Waals surface area contributed by atoms with Gasteiger partial charge >= 0.3 is 0 Å². The van der Waals surface area contributed by atoms with Gasteiger partial charge in [0.25, 0.3) is 5.84 Å². The van der Waals surface area contributed by atoms with Crippen molar-refractivity contribution < 1.29 is 9.97 Å². The number of fused-ring (bicyclic) bond motifs is 1. The number of hydrogen-bond acceptors (Lipinski definition) is 1. The molecule has 0 fully saturated rings. The van der Waals surface area contributed by atoms with Crippen molar-refractivity contribution in [3.8, 4) is 0 Å². The van der Waals surface area contributed by atoms with E-state index in [0.29, 0.717) is 11.1 Å². The standard InChI is InChI=1S/C9H8N3OP/c10-8(11)7-5-3-1-2-4-6(5)9(12-7)14-13/h1-4,12H,(H3,10,11)/p+1. The van der Waals surface area contributed by atoms with Gasteiger partial charge in [-0.2, -0.15) is 0 Å². The van der Waals surface area contributed by atoms with Crippen molar-refractivity contribution >= 4 is 30.5 Å². The molecule has 0 spiro atoms.